The number of pyridine rings is 1. The number of hydrogen-bond donors (Lipinski definition) is 1. The monoisotopic (exact) mass is 315 g/mol. The summed E-state index contributed by atoms with van der Waals surface area (Å²) in [4.78, 5) is 16.4. The van der Waals surface area contributed by atoms with Gasteiger partial charge in [-0.15, -0.1) is 0 Å². The van der Waals surface area contributed by atoms with Crippen molar-refractivity contribution in [3.05, 3.63) is 27.0 Å². The van der Waals surface area contributed by atoms with Crippen LogP contribution in [0.4, 0.5) is 11.4 Å². The number of aromatic nitrogens is 1. The fourth-order valence-corrected chi connectivity index (χ4v) is 2.85. The third-order valence-corrected chi connectivity index (χ3v) is 3.72. The van der Waals surface area contributed by atoms with E-state index in [1.54, 1.807) is 6.20 Å². The van der Waals surface area contributed by atoms with Crippen molar-refractivity contribution < 1.29 is 10.0 Å². The Bertz CT molecular complexity index is 455. The molecule has 18 heavy (non-hydrogen) atoms. The number of halogens is 1. The maximum atomic E-state index is 11.0. The SMILES string of the molecule is O=[N+]([O-])c1cncc(Br)c1N1CCCC(CO)C1. The van der Waals surface area contributed by atoms with Gasteiger partial charge >= 0.3 is 5.69 Å². The van der Waals surface area contributed by atoms with Crippen LogP contribution in [0.5, 0.6) is 0 Å². The number of rotatable bonds is 3. The second-order valence-electron chi connectivity index (χ2n) is 4.38. The van der Waals surface area contributed by atoms with Crippen LogP contribution in [-0.2, 0) is 0 Å². The summed E-state index contributed by atoms with van der Waals surface area (Å²) in [6.07, 6.45) is 4.72. The zero-order valence-corrected chi connectivity index (χ0v) is 11.3. The quantitative estimate of drug-likeness (QED) is 0.681. The molecule has 0 saturated carbocycles. The van der Waals surface area contributed by atoms with Crippen molar-refractivity contribution in [2.75, 3.05) is 24.6 Å². The summed E-state index contributed by atoms with van der Waals surface area (Å²) in [5.41, 5.74) is 0.566. The number of aliphatic hydroxyl groups excluding tert-OH is 1. The van der Waals surface area contributed by atoms with E-state index >= 15 is 0 Å². The summed E-state index contributed by atoms with van der Waals surface area (Å²) in [5.74, 6) is 0.179. The maximum absolute atomic E-state index is 11.0. The van der Waals surface area contributed by atoms with Crippen LogP contribution in [0.15, 0.2) is 16.9 Å². The zero-order chi connectivity index (χ0) is 13.1. The largest absolute Gasteiger partial charge is 0.396 e. The molecule has 1 saturated heterocycles. The first kappa shape index (κ1) is 13.2. The van der Waals surface area contributed by atoms with Gasteiger partial charge in [-0.05, 0) is 34.7 Å². The number of piperidine rings is 1. The van der Waals surface area contributed by atoms with Crippen molar-refractivity contribution in [3.8, 4) is 0 Å². The molecule has 1 aromatic heterocycles. The molecule has 1 aromatic rings. The molecule has 7 heteroatoms. The van der Waals surface area contributed by atoms with E-state index in [0.717, 1.165) is 19.4 Å². The smallest absolute Gasteiger partial charge is 0.311 e. The van der Waals surface area contributed by atoms with Gasteiger partial charge in [0.2, 0.25) is 0 Å². The molecule has 6 nitrogen and oxygen atoms in total. The molecule has 1 aliphatic heterocycles. The Hall–Kier alpha value is -1.21. The van der Waals surface area contributed by atoms with E-state index in [9.17, 15) is 15.2 Å². The summed E-state index contributed by atoms with van der Waals surface area (Å²) in [6.45, 7) is 1.52. The fraction of sp³-hybridized carbons (Fsp3) is 0.545. The summed E-state index contributed by atoms with van der Waals surface area (Å²) in [7, 11) is 0. The van der Waals surface area contributed by atoms with Crippen LogP contribution in [0.3, 0.4) is 0 Å². The number of aliphatic hydroxyl groups is 1. The lowest BCUT2D eigenvalue weighted by molar-refractivity contribution is -0.384. The minimum absolute atomic E-state index is 0.00275. The average molecular weight is 316 g/mol. The van der Waals surface area contributed by atoms with Crippen molar-refractivity contribution in [2.24, 2.45) is 5.92 Å². The van der Waals surface area contributed by atoms with Gasteiger partial charge in [-0.25, -0.2) is 0 Å². The van der Waals surface area contributed by atoms with Gasteiger partial charge in [-0.3, -0.25) is 15.1 Å². The standard InChI is InChI=1S/C11H14BrN3O3/c12-9-4-13-5-10(15(17)18)11(9)14-3-1-2-8(6-14)7-16/h4-5,8,16H,1-3,6-7H2. The number of anilines is 1. The number of nitrogens with zero attached hydrogens (tertiary/aromatic N) is 3. The molecule has 0 aromatic carbocycles. The number of hydrogen-bond acceptors (Lipinski definition) is 5. The van der Waals surface area contributed by atoms with Crippen LogP contribution in [0.25, 0.3) is 0 Å². The highest BCUT2D eigenvalue weighted by Gasteiger charge is 2.27. The Balaban J connectivity index is 2.34. The molecule has 0 spiro atoms. The lowest BCUT2D eigenvalue weighted by Gasteiger charge is -2.33. The minimum Gasteiger partial charge on any atom is -0.396 e. The Morgan fingerprint density at radius 3 is 3.06 bits per heavy atom. The second kappa shape index (κ2) is 5.62. The van der Waals surface area contributed by atoms with Gasteiger partial charge < -0.3 is 10.0 Å². The van der Waals surface area contributed by atoms with Crippen molar-refractivity contribution in [3.63, 3.8) is 0 Å². The van der Waals surface area contributed by atoms with E-state index in [-0.39, 0.29) is 18.2 Å². The Morgan fingerprint density at radius 2 is 2.39 bits per heavy atom. The highest BCUT2D eigenvalue weighted by Crippen LogP contribution is 2.36. The van der Waals surface area contributed by atoms with Crippen molar-refractivity contribution >= 4 is 27.3 Å². The lowest BCUT2D eigenvalue weighted by Crippen LogP contribution is -2.37. The Kier molecular flexibility index (Phi) is 4.13. The molecular formula is C11H14BrN3O3. The summed E-state index contributed by atoms with van der Waals surface area (Å²) in [6, 6.07) is 0. The highest BCUT2D eigenvalue weighted by molar-refractivity contribution is 9.10. The molecule has 0 bridgehead atoms. The highest BCUT2D eigenvalue weighted by atomic mass is 79.9. The molecule has 0 aliphatic carbocycles. The Morgan fingerprint density at radius 1 is 1.61 bits per heavy atom. The summed E-state index contributed by atoms with van der Waals surface area (Å²) in [5, 5.41) is 20.3. The van der Waals surface area contributed by atoms with E-state index in [4.69, 9.17) is 0 Å². The fourth-order valence-electron chi connectivity index (χ4n) is 2.28. The zero-order valence-electron chi connectivity index (χ0n) is 9.75. The van der Waals surface area contributed by atoms with Crippen molar-refractivity contribution in [2.45, 2.75) is 12.8 Å². The van der Waals surface area contributed by atoms with Crippen LogP contribution >= 0.6 is 15.9 Å². The molecule has 1 fully saturated rings. The van der Waals surface area contributed by atoms with Crippen LogP contribution in [0, 0.1) is 16.0 Å². The minimum atomic E-state index is -0.421. The number of nitro groups is 1. The van der Waals surface area contributed by atoms with E-state index in [2.05, 4.69) is 20.9 Å². The van der Waals surface area contributed by atoms with Gasteiger partial charge in [-0.2, -0.15) is 0 Å². The lowest BCUT2D eigenvalue weighted by atomic mass is 9.98. The van der Waals surface area contributed by atoms with Gasteiger partial charge in [-0.1, -0.05) is 0 Å². The van der Waals surface area contributed by atoms with E-state index in [1.165, 1.54) is 6.20 Å². The second-order valence-corrected chi connectivity index (χ2v) is 5.24. The van der Waals surface area contributed by atoms with E-state index in [0.29, 0.717) is 16.7 Å². The predicted octanol–water partition coefficient (Wildman–Crippen LogP) is 1.96. The Labute approximate surface area is 113 Å². The molecule has 98 valence electrons. The first-order chi connectivity index (χ1) is 8.63. The molecule has 1 atom stereocenters. The average Bonchev–Trinajstić information content (AvgIpc) is 2.38. The first-order valence-corrected chi connectivity index (χ1v) is 6.56. The van der Waals surface area contributed by atoms with Crippen LogP contribution in [0.1, 0.15) is 12.8 Å². The molecule has 1 N–H and O–H groups in total. The molecular weight excluding hydrogens is 302 g/mol. The predicted molar refractivity (Wildman–Crippen MR) is 70.6 cm³/mol. The third kappa shape index (κ3) is 2.62. The molecule has 1 aliphatic rings. The summed E-state index contributed by atoms with van der Waals surface area (Å²) >= 11 is 3.32. The van der Waals surface area contributed by atoms with Crippen LogP contribution in [0.2, 0.25) is 0 Å². The first-order valence-electron chi connectivity index (χ1n) is 5.77. The van der Waals surface area contributed by atoms with Gasteiger partial charge in [0.25, 0.3) is 0 Å². The normalized spacial score (nSPS) is 19.9. The van der Waals surface area contributed by atoms with Gasteiger partial charge in [0.05, 0.1) is 9.40 Å². The van der Waals surface area contributed by atoms with Gasteiger partial charge in [0, 0.05) is 25.9 Å². The maximum Gasteiger partial charge on any atom is 0.311 e. The topological polar surface area (TPSA) is 79.5 Å². The summed E-state index contributed by atoms with van der Waals surface area (Å²) < 4.78 is 0.621. The molecule has 0 radical (unpaired) electrons. The molecule has 1 unspecified atom stereocenters. The molecule has 0 amide bonds. The van der Waals surface area contributed by atoms with Crippen molar-refractivity contribution in [1.29, 1.82) is 0 Å². The molecule has 2 heterocycles. The van der Waals surface area contributed by atoms with E-state index < -0.39 is 4.92 Å². The third-order valence-electron chi connectivity index (χ3n) is 3.14. The van der Waals surface area contributed by atoms with Gasteiger partial charge in [0.1, 0.15) is 11.9 Å². The van der Waals surface area contributed by atoms with E-state index in [1.807, 2.05) is 4.90 Å². The van der Waals surface area contributed by atoms with Crippen LogP contribution < -0.4 is 4.90 Å². The van der Waals surface area contributed by atoms with Crippen LogP contribution in [-0.4, -0.2) is 34.7 Å². The van der Waals surface area contributed by atoms with Gasteiger partial charge in [0.15, 0.2) is 0 Å². The molecule has 2 rings (SSSR count). The van der Waals surface area contributed by atoms with Crippen molar-refractivity contribution in [1.82, 2.24) is 4.98 Å².